The summed E-state index contributed by atoms with van der Waals surface area (Å²) in [5.41, 5.74) is 0.415. The first-order valence-electron chi connectivity index (χ1n) is 7.27. The van der Waals surface area contributed by atoms with Crippen molar-refractivity contribution in [3.63, 3.8) is 0 Å². The minimum Gasteiger partial charge on any atom is -0.497 e. The van der Waals surface area contributed by atoms with Gasteiger partial charge in [-0.3, -0.25) is 4.68 Å². The highest BCUT2D eigenvalue weighted by atomic mass is 28.3. The molecule has 0 aliphatic carbocycles. The lowest BCUT2D eigenvalue weighted by Crippen LogP contribution is -2.38. The Morgan fingerprint density at radius 2 is 1.95 bits per heavy atom. The molecule has 1 atom stereocenters. The maximum Gasteiger partial charge on any atom is 0.137 e. The van der Waals surface area contributed by atoms with Crippen LogP contribution in [0.4, 0.5) is 0 Å². The maximum atomic E-state index is 10.00. The van der Waals surface area contributed by atoms with Crippen molar-refractivity contribution in [3.8, 4) is 11.8 Å². The van der Waals surface area contributed by atoms with E-state index in [9.17, 15) is 5.26 Å². The first-order valence-corrected chi connectivity index (χ1v) is 11.0. The van der Waals surface area contributed by atoms with Gasteiger partial charge < -0.3 is 4.74 Å². The number of ether oxygens (including phenoxy) is 1. The van der Waals surface area contributed by atoms with Gasteiger partial charge in [0.25, 0.3) is 0 Å². The average Bonchev–Trinajstić information content (AvgIpc) is 2.98. The predicted molar refractivity (Wildman–Crippen MR) is 88.5 cm³/mol. The van der Waals surface area contributed by atoms with Crippen LogP contribution in [0.5, 0.6) is 5.75 Å². The highest BCUT2D eigenvalue weighted by Crippen LogP contribution is 2.35. The van der Waals surface area contributed by atoms with E-state index in [1.165, 1.54) is 6.33 Å². The molecule has 0 fully saturated rings. The van der Waals surface area contributed by atoms with E-state index in [0.717, 1.165) is 17.4 Å². The number of benzene rings is 1. The van der Waals surface area contributed by atoms with E-state index >= 15 is 0 Å². The predicted octanol–water partition coefficient (Wildman–Crippen LogP) is 3.09. The molecule has 6 heteroatoms. The molecule has 2 aromatic rings. The van der Waals surface area contributed by atoms with Crippen molar-refractivity contribution >= 4 is 8.07 Å². The molecule has 0 saturated heterocycles. The van der Waals surface area contributed by atoms with Gasteiger partial charge in [0.1, 0.15) is 18.4 Å². The molecule has 0 amide bonds. The van der Waals surface area contributed by atoms with Gasteiger partial charge in [0.15, 0.2) is 0 Å². The van der Waals surface area contributed by atoms with Crippen LogP contribution in [0.3, 0.4) is 0 Å². The SMILES string of the molecule is COc1ccc(C(C#N)(Cn2cncn2)C[Si](C)(C)C)cc1. The van der Waals surface area contributed by atoms with Gasteiger partial charge in [0.05, 0.1) is 25.1 Å². The monoisotopic (exact) mass is 314 g/mol. The number of aromatic nitrogens is 3. The molecule has 0 aliphatic heterocycles. The zero-order valence-electron chi connectivity index (χ0n) is 13.6. The van der Waals surface area contributed by atoms with Crippen molar-refractivity contribution in [1.82, 2.24) is 14.8 Å². The summed E-state index contributed by atoms with van der Waals surface area (Å²) in [7, 11) is 0.176. The molecule has 0 N–H and O–H groups in total. The second-order valence-corrected chi connectivity index (χ2v) is 12.2. The number of nitriles is 1. The van der Waals surface area contributed by atoms with Crippen molar-refractivity contribution < 1.29 is 4.74 Å². The van der Waals surface area contributed by atoms with Crippen LogP contribution in [0, 0.1) is 11.3 Å². The van der Waals surface area contributed by atoms with Crippen molar-refractivity contribution in [2.75, 3.05) is 7.11 Å². The molecule has 22 heavy (non-hydrogen) atoms. The Bertz CT molecular complexity index is 640. The smallest absolute Gasteiger partial charge is 0.137 e. The minimum absolute atomic E-state index is 0.514. The molecule has 116 valence electrons. The van der Waals surface area contributed by atoms with Crippen molar-refractivity contribution in [1.29, 1.82) is 5.26 Å². The van der Waals surface area contributed by atoms with Crippen molar-refractivity contribution in [2.24, 2.45) is 0 Å². The molecule has 5 nitrogen and oxygen atoms in total. The fraction of sp³-hybridized carbons (Fsp3) is 0.438. The summed E-state index contributed by atoms with van der Waals surface area (Å²) in [6.07, 6.45) is 3.17. The Hall–Kier alpha value is -2.13. The van der Waals surface area contributed by atoms with Gasteiger partial charge in [-0.25, -0.2) is 4.98 Å². The largest absolute Gasteiger partial charge is 0.497 e. The van der Waals surface area contributed by atoms with E-state index in [0.29, 0.717) is 6.54 Å². The number of rotatable bonds is 6. The Balaban J connectivity index is 2.44. The number of hydrogen-bond donors (Lipinski definition) is 0. The van der Waals surface area contributed by atoms with E-state index in [1.54, 1.807) is 18.1 Å². The summed E-state index contributed by atoms with van der Waals surface area (Å²) >= 11 is 0. The Morgan fingerprint density at radius 3 is 2.41 bits per heavy atom. The van der Waals surface area contributed by atoms with Crippen LogP contribution in [0.1, 0.15) is 5.56 Å². The fourth-order valence-corrected chi connectivity index (χ4v) is 5.00. The molecule has 0 saturated carbocycles. The topological polar surface area (TPSA) is 63.7 Å². The second kappa shape index (κ2) is 6.32. The number of nitrogens with zero attached hydrogens (tertiary/aromatic N) is 4. The standard InChI is InChI=1S/C16H22N4OSi/c1-21-15-7-5-14(6-8-15)16(9-17,11-22(2,3)4)10-20-13-18-12-19-20/h5-8,12-13H,10-11H2,1-4H3. The molecular formula is C16H22N4OSi. The van der Waals surface area contributed by atoms with Crippen molar-refractivity contribution in [2.45, 2.75) is 37.6 Å². The second-order valence-electron chi connectivity index (χ2n) is 6.75. The molecule has 1 unspecified atom stereocenters. The third kappa shape index (κ3) is 3.74. The summed E-state index contributed by atoms with van der Waals surface area (Å²) in [6.45, 7) is 7.36. The molecule has 1 heterocycles. The highest BCUT2D eigenvalue weighted by Gasteiger charge is 2.38. The van der Waals surface area contributed by atoms with E-state index in [1.807, 2.05) is 24.3 Å². The lowest BCUT2D eigenvalue weighted by molar-refractivity contribution is 0.413. The van der Waals surface area contributed by atoms with Crippen LogP contribution < -0.4 is 4.74 Å². The third-order valence-electron chi connectivity index (χ3n) is 3.59. The summed E-state index contributed by atoms with van der Waals surface area (Å²) < 4.78 is 6.96. The zero-order chi connectivity index (χ0) is 16.2. The molecule has 2 rings (SSSR count). The van der Waals surface area contributed by atoms with E-state index in [4.69, 9.17) is 4.74 Å². The highest BCUT2D eigenvalue weighted by molar-refractivity contribution is 6.76. The van der Waals surface area contributed by atoms with Gasteiger partial charge in [0.2, 0.25) is 0 Å². The van der Waals surface area contributed by atoms with Gasteiger partial charge >= 0.3 is 0 Å². The Kier molecular flexibility index (Phi) is 4.67. The lowest BCUT2D eigenvalue weighted by Gasteiger charge is -2.32. The van der Waals surface area contributed by atoms with Gasteiger partial charge in [0, 0.05) is 8.07 Å². The van der Waals surface area contributed by atoms with Gasteiger partial charge in [-0.05, 0) is 23.7 Å². The molecule has 0 aliphatic rings. The zero-order valence-corrected chi connectivity index (χ0v) is 14.6. The number of hydrogen-bond acceptors (Lipinski definition) is 4. The Labute approximate surface area is 132 Å². The van der Waals surface area contributed by atoms with Crippen LogP contribution in [0.15, 0.2) is 36.9 Å². The van der Waals surface area contributed by atoms with Gasteiger partial charge in [-0.15, -0.1) is 0 Å². The molecule has 1 aromatic carbocycles. The summed E-state index contributed by atoms with van der Waals surface area (Å²) in [5.74, 6) is 0.796. The lowest BCUT2D eigenvalue weighted by atomic mass is 9.83. The van der Waals surface area contributed by atoms with Crippen LogP contribution in [-0.4, -0.2) is 29.9 Å². The fourth-order valence-electron chi connectivity index (χ4n) is 2.79. The summed E-state index contributed by atoms with van der Waals surface area (Å²) in [4.78, 5) is 3.99. The quantitative estimate of drug-likeness (QED) is 0.769. The van der Waals surface area contributed by atoms with Crippen LogP contribution >= 0.6 is 0 Å². The van der Waals surface area contributed by atoms with Crippen LogP contribution in [-0.2, 0) is 12.0 Å². The Morgan fingerprint density at radius 1 is 1.27 bits per heavy atom. The first-order chi connectivity index (χ1) is 10.4. The van der Waals surface area contributed by atoms with E-state index in [2.05, 4.69) is 35.8 Å². The molecule has 0 spiro atoms. The normalized spacial score (nSPS) is 14.1. The van der Waals surface area contributed by atoms with E-state index in [-0.39, 0.29) is 0 Å². The van der Waals surface area contributed by atoms with Gasteiger partial charge in [-0.1, -0.05) is 31.8 Å². The first kappa shape index (κ1) is 16.2. The van der Waals surface area contributed by atoms with Gasteiger partial charge in [-0.2, -0.15) is 10.4 Å². The number of methoxy groups -OCH3 is 1. The molecule has 1 aromatic heterocycles. The van der Waals surface area contributed by atoms with E-state index < -0.39 is 13.5 Å². The summed E-state index contributed by atoms with van der Waals surface area (Å²) in [6, 6.07) is 11.2. The maximum absolute atomic E-state index is 10.00. The van der Waals surface area contributed by atoms with Crippen molar-refractivity contribution in [3.05, 3.63) is 42.5 Å². The molecule has 0 bridgehead atoms. The van der Waals surface area contributed by atoms with Crippen LogP contribution in [0.25, 0.3) is 0 Å². The minimum atomic E-state index is -1.47. The molecule has 0 radical (unpaired) electrons. The summed E-state index contributed by atoms with van der Waals surface area (Å²) in [5, 5.41) is 14.2. The van der Waals surface area contributed by atoms with Crippen LogP contribution in [0.2, 0.25) is 25.7 Å². The molecular weight excluding hydrogens is 292 g/mol. The average molecular weight is 314 g/mol. The third-order valence-corrected chi connectivity index (χ3v) is 5.25.